The first kappa shape index (κ1) is 26.5. The Labute approximate surface area is 211 Å². The lowest BCUT2D eigenvalue weighted by atomic mass is 10.2. The highest BCUT2D eigenvalue weighted by Crippen LogP contribution is 2.28. The Morgan fingerprint density at radius 1 is 1.03 bits per heavy atom. The highest BCUT2D eigenvalue weighted by atomic mass is 32.2. The van der Waals surface area contributed by atoms with E-state index in [0.717, 1.165) is 9.87 Å². The zero-order chi connectivity index (χ0) is 26.0. The Hall–Kier alpha value is -4.11. The molecule has 0 aliphatic rings. The van der Waals surface area contributed by atoms with Crippen molar-refractivity contribution in [2.75, 3.05) is 24.1 Å². The summed E-state index contributed by atoms with van der Waals surface area (Å²) >= 11 is 0. The summed E-state index contributed by atoms with van der Waals surface area (Å²) < 4.78 is 39.0. The number of rotatable bonds is 12. The molecule has 0 saturated carbocycles. The molecule has 0 unspecified atom stereocenters. The van der Waals surface area contributed by atoms with Crippen LogP contribution < -0.4 is 19.2 Å². The van der Waals surface area contributed by atoms with Gasteiger partial charge >= 0.3 is 0 Å². The van der Waals surface area contributed by atoms with Crippen LogP contribution in [0.25, 0.3) is 0 Å². The second-order valence-electron chi connectivity index (χ2n) is 7.69. The van der Waals surface area contributed by atoms with Crippen LogP contribution in [0.1, 0.15) is 18.1 Å². The van der Waals surface area contributed by atoms with Gasteiger partial charge < -0.3 is 9.47 Å². The summed E-state index contributed by atoms with van der Waals surface area (Å²) in [6.45, 7) is 7.71. The van der Waals surface area contributed by atoms with Gasteiger partial charge in [0.1, 0.15) is 13.2 Å². The van der Waals surface area contributed by atoms with Crippen molar-refractivity contribution >= 4 is 27.8 Å². The lowest BCUT2D eigenvalue weighted by Crippen LogP contribution is -2.39. The van der Waals surface area contributed by atoms with Gasteiger partial charge in [-0.3, -0.25) is 9.10 Å². The van der Waals surface area contributed by atoms with E-state index in [1.54, 1.807) is 66.7 Å². The number of aryl methyl sites for hydroxylation is 1. The van der Waals surface area contributed by atoms with Crippen molar-refractivity contribution in [3.8, 4) is 11.5 Å². The summed E-state index contributed by atoms with van der Waals surface area (Å²) in [6.07, 6.45) is 3.08. The van der Waals surface area contributed by atoms with Gasteiger partial charge in [0, 0.05) is 0 Å². The minimum absolute atomic E-state index is 0.0930. The monoisotopic (exact) mass is 507 g/mol. The molecule has 188 valence electrons. The molecule has 0 atom stereocenters. The number of nitrogens with one attached hydrogen (secondary N) is 1. The van der Waals surface area contributed by atoms with Crippen molar-refractivity contribution in [1.82, 2.24) is 5.43 Å². The molecule has 1 amide bonds. The summed E-state index contributed by atoms with van der Waals surface area (Å²) in [5.41, 5.74) is 4.37. The normalized spacial score (nSPS) is 11.2. The largest absolute Gasteiger partial charge is 0.490 e. The molecule has 0 radical (unpaired) electrons. The number of sulfonamides is 1. The van der Waals surface area contributed by atoms with Crippen LogP contribution in [0, 0.1) is 6.92 Å². The van der Waals surface area contributed by atoms with Crippen LogP contribution in [-0.4, -0.2) is 40.3 Å². The predicted octanol–water partition coefficient (Wildman–Crippen LogP) is 4.30. The highest BCUT2D eigenvalue weighted by Gasteiger charge is 2.27. The lowest BCUT2D eigenvalue weighted by Gasteiger charge is -2.23. The molecule has 3 aromatic carbocycles. The molecule has 0 bridgehead atoms. The maximum Gasteiger partial charge on any atom is 0.264 e. The summed E-state index contributed by atoms with van der Waals surface area (Å²) in [6, 6.07) is 20.2. The number of para-hydroxylation sites is 1. The van der Waals surface area contributed by atoms with Crippen LogP contribution in [0.5, 0.6) is 11.5 Å². The number of anilines is 1. The summed E-state index contributed by atoms with van der Waals surface area (Å²) in [5, 5.41) is 3.99. The van der Waals surface area contributed by atoms with Crippen molar-refractivity contribution in [1.29, 1.82) is 0 Å². The van der Waals surface area contributed by atoms with Gasteiger partial charge in [-0.25, -0.2) is 13.8 Å². The highest BCUT2D eigenvalue weighted by molar-refractivity contribution is 7.92. The third kappa shape index (κ3) is 6.96. The van der Waals surface area contributed by atoms with Crippen molar-refractivity contribution in [2.24, 2.45) is 5.10 Å². The molecule has 1 N–H and O–H groups in total. The second kappa shape index (κ2) is 12.6. The molecule has 0 aliphatic heterocycles. The van der Waals surface area contributed by atoms with Crippen molar-refractivity contribution < 1.29 is 22.7 Å². The van der Waals surface area contributed by atoms with E-state index in [0.29, 0.717) is 36.0 Å². The Kier molecular flexibility index (Phi) is 9.24. The zero-order valence-corrected chi connectivity index (χ0v) is 21.1. The van der Waals surface area contributed by atoms with Gasteiger partial charge in [-0.05, 0) is 61.9 Å². The molecular formula is C27H29N3O5S. The van der Waals surface area contributed by atoms with Crippen LogP contribution >= 0.6 is 0 Å². The molecule has 0 aliphatic carbocycles. The Morgan fingerprint density at radius 3 is 2.42 bits per heavy atom. The average molecular weight is 508 g/mol. The fourth-order valence-electron chi connectivity index (χ4n) is 3.23. The van der Waals surface area contributed by atoms with Crippen LogP contribution in [0.3, 0.4) is 0 Å². The van der Waals surface area contributed by atoms with E-state index in [1.807, 2.05) is 13.8 Å². The molecule has 0 aromatic heterocycles. The van der Waals surface area contributed by atoms with E-state index in [9.17, 15) is 13.2 Å². The van der Waals surface area contributed by atoms with Gasteiger partial charge in [-0.15, -0.1) is 0 Å². The van der Waals surface area contributed by atoms with Crippen LogP contribution in [-0.2, 0) is 14.8 Å². The summed E-state index contributed by atoms with van der Waals surface area (Å²) in [4.78, 5) is 12.8. The molecular weight excluding hydrogens is 478 g/mol. The van der Waals surface area contributed by atoms with E-state index in [1.165, 1.54) is 18.3 Å². The molecule has 8 nitrogen and oxygen atoms in total. The number of benzene rings is 3. The number of hydrazone groups is 1. The number of hydrogen-bond acceptors (Lipinski definition) is 6. The molecule has 0 saturated heterocycles. The zero-order valence-electron chi connectivity index (χ0n) is 20.3. The maximum atomic E-state index is 13.4. The van der Waals surface area contributed by atoms with Gasteiger partial charge in [-0.1, -0.05) is 48.6 Å². The first-order valence-corrected chi connectivity index (χ1v) is 12.8. The minimum atomic E-state index is -3.98. The van der Waals surface area contributed by atoms with Crippen LogP contribution in [0.4, 0.5) is 5.69 Å². The molecule has 0 heterocycles. The van der Waals surface area contributed by atoms with Crippen molar-refractivity contribution in [3.63, 3.8) is 0 Å². The fraction of sp³-hybridized carbons (Fsp3) is 0.185. The minimum Gasteiger partial charge on any atom is -0.490 e. The Balaban J connectivity index is 1.76. The van der Waals surface area contributed by atoms with Crippen molar-refractivity contribution in [2.45, 2.75) is 18.7 Å². The first-order valence-electron chi connectivity index (χ1n) is 11.3. The fourth-order valence-corrected chi connectivity index (χ4v) is 4.65. The first-order chi connectivity index (χ1) is 17.3. The molecule has 9 heteroatoms. The van der Waals surface area contributed by atoms with E-state index in [4.69, 9.17) is 9.47 Å². The van der Waals surface area contributed by atoms with E-state index in [2.05, 4.69) is 17.1 Å². The van der Waals surface area contributed by atoms with Crippen molar-refractivity contribution in [3.05, 3.63) is 96.6 Å². The SMILES string of the molecule is C=CCOc1ccc(/C=N\NC(=O)CN(c2ccccc2)S(=O)(=O)c2ccc(C)cc2)cc1OCC. The van der Waals surface area contributed by atoms with E-state index >= 15 is 0 Å². The van der Waals surface area contributed by atoms with E-state index in [-0.39, 0.29) is 4.90 Å². The lowest BCUT2D eigenvalue weighted by molar-refractivity contribution is -0.119. The summed E-state index contributed by atoms with van der Waals surface area (Å²) in [5.74, 6) is 0.508. The molecule has 0 spiro atoms. The molecule has 36 heavy (non-hydrogen) atoms. The topological polar surface area (TPSA) is 97.3 Å². The number of ether oxygens (including phenoxy) is 2. The maximum absolute atomic E-state index is 13.4. The van der Waals surface area contributed by atoms with Gasteiger partial charge in [0.15, 0.2) is 11.5 Å². The number of nitrogens with zero attached hydrogens (tertiary/aromatic N) is 2. The van der Waals surface area contributed by atoms with E-state index < -0.39 is 22.5 Å². The second-order valence-corrected chi connectivity index (χ2v) is 9.55. The smallest absolute Gasteiger partial charge is 0.264 e. The average Bonchev–Trinajstić information content (AvgIpc) is 2.87. The Morgan fingerprint density at radius 2 is 1.75 bits per heavy atom. The standard InChI is InChI=1S/C27H29N3O5S/c1-4-17-35-25-16-13-22(18-26(25)34-5-2)19-28-29-27(31)20-30(23-9-7-6-8-10-23)36(32,33)24-14-11-21(3)12-15-24/h4,6-16,18-19H,1,5,17,20H2,2-3H3,(H,29,31)/b28-19-. The van der Waals surface area contributed by atoms with Gasteiger partial charge in [-0.2, -0.15) is 5.10 Å². The number of amides is 1. The number of carbonyl (C=O) groups is 1. The molecule has 3 aromatic rings. The van der Waals surface area contributed by atoms with Crippen LogP contribution in [0.2, 0.25) is 0 Å². The van der Waals surface area contributed by atoms with Crippen LogP contribution in [0.15, 0.2) is 95.4 Å². The molecule has 3 rings (SSSR count). The number of carbonyl (C=O) groups excluding carboxylic acids is 1. The van der Waals surface area contributed by atoms with Gasteiger partial charge in [0.25, 0.3) is 15.9 Å². The molecule has 0 fully saturated rings. The quantitative estimate of drug-likeness (QED) is 0.224. The summed E-state index contributed by atoms with van der Waals surface area (Å²) in [7, 11) is -3.98. The van der Waals surface area contributed by atoms with Gasteiger partial charge in [0.05, 0.1) is 23.4 Å². The number of hydrogen-bond donors (Lipinski definition) is 1. The third-order valence-electron chi connectivity index (χ3n) is 4.97. The van der Waals surface area contributed by atoms with Gasteiger partial charge in [0.2, 0.25) is 0 Å². The third-order valence-corrected chi connectivity index (χ3v) is 6.76. The Bertz CT molecular complexity index is 1310. The predicted molar refractivity (Wildman–Crippen MR) is 141 cm³/mol.